The number of aryl methyl sites for hydroxylation is 2. The van der Waals surface area contributed by atoms with E-state index in [1.54, 1.807) is 0 Å². The van der Waals surface area contributed by atoms with Crippen molar-refractivity contribution in [2.24, 2.45) is 11.8 Å². The summed E-state index contributed by atoms with van der Waals surface area (Å²) >= 11 is 0. The van der Waals surface area contributed by atoms with E-state index < -0.39 is 0 Å². The van der Waals surface area contributed by atoms with Gasteiger partial charge in [-0.3, -0.25) is 0 Å². The van der Waals surface area contributed by atoms with Crippen molar-refractivity contribution in [3.05, 3.63) is 17.6 Å². The highest BCUT2D eigenvalue weighted by molar-refractivity contribution is 5.47. The minimum absolute atomic E-state index is 0.134. The van der Waals surface area contributed by atoms with E-state index in [0.29, 0.717) is 5.92 Å². The number of hydrogen-bond donors (Lipinski definition) is 2. The maximum Gasteiger partial charge on any atom is 0.135 e. The summed E-state index contributed by atoms with van der Waals surface area (Å²) in [5.41, 5.74) is 1.21. The Morgan fingerprint density at radius 1 is 1.20 bits per heavy atom. The Hall–Kier alpha value is -1.24. The fourth-order valence-corrected chi connectivity index (χ4v) is 4.16. The van der Waals surface area contributed by atoms with Crippen LogP contribution in [0.5, 0.6) is 0 Å². The second kappa shape index (κ2) is 8.43. The summed E-state index contributed by atoms with van der Waals surface area (Å²) in [4.78, 5) is 13.9. The van der Waals surface area contributed by atoms with E-state index in [0.717, 1.165) is 70.0 Å². The summed E-state index contributed by atoms with van der Waals surface area (Å²) in [5, 5.41) is 19.6. The van der Waals surface area contributed by atoms with Gasteiger partial charge in [0, 0.05) is 57.0 Å². The first-order chi connectivity index (χ1) is 12.1. The van der Waals surface area contributed by atoms with E-state index >= 15 is 0 Å². The molecule has 25 heavy (non-hydrogen) atoms. The molecule has 2 aliphatic heterocycles. The average molecular weight is 348 g/mol. The van der Waals surface area contributed by atoms with Gasteiger partial charge >= 0.3 is 0 Å². The molecule has 2 N–H and O–H groups in total. The molecule has 140 valence electrons. The van der Waals surface area contributed by atoms with Gasteiger partial charge in [0.2, 0.25) is 0 Å². The number of likely N-dealkylation sites (tertiary alicyclic amines) is 1. The van der Waals surface area contributed by atoms with Gasteiger partial charge in [-0.2, -0.15) is 0 Å². The van der Waals surface area contributed by atoms with Crippen LogP contribution < -0.4 is 4.90 Å². The molecule has 0 radical (unpaired) electrons. The first kappa shape index (κ1) is 18.5. The Morgan fingerprint density at radius 2 is 1.92 bits per heavy atom. The molecule has 0 amide bonds. The monoisotopic (exact) mass is 348 g/mol. The van der Waals surface area contributed by atoms with Gasteiger partial charge in [-0.05, 0) is 32.1 Å². The second-order valence-corrected chi connectivity index (χ2v) is 7.66. The third-order valence-corrected chi connectivity index (χ3v) is 5.64. The number of hydrogen-bond acceptors (Lipinski definition) is 6. The van der Waals surface area contributed by atoms with Crippen molar-refractivity contribution < 1.29 is 10.2 Å². The summed E-state index contributed by atoms with van der Waals surface area (Å²) in [6.45, 7) is 9.08. The van der Waals surface area contributed by atoms with Gasteiger partial charge in [0.15, 0.2) is 0 Å². The van der Waals surface area contributed by atoms with Crippen molar-refractivity contribution >= 4 is 5.82 Å². The van der Waals surface area contributed by atoms with E-state index in [-0.39, 0.29) is 18.6 Å². The number of piperidine rings is 1. The van der Waals surface area contributed by atoms with Crippen LogP contribution in [0.1, 0.15) is 37.6 Å². The number of aliphatic hydroxyl groups is 2. The van der Waals surface area contributed by atoms with Crippen LogP contribution in [0.25, 0.3) is 0 Å². The minimum atomic E-state index is -0.134. The average Bonchev–Trinajstić information content (AvgIpc) is 3.01. The van der Waals surface area contributed by atoms with Crippen LogP contribution in [0.15, 0.2) is 6.20 Å². The van der Waals surface area contributed by atoms with Gasteiger partial charge in [-0.1, -0.05) is 13.3 Å². The first-order valence-corrected chi connectivity index (χ1v) is 9.69. The number of aromatic nitrogens is 2. The first-order valence-electron chi connectivity index (χ1n) is 9.69. The number of nitrogens with zero attached hydrogens (tertiary/aromatic N) is 4. The van der Waals surface area contributed by atoms with Crippen molar-refractivity contribution in [3.63, 3.8) is 0 Å². The van der Waals surface area contributed by atoms with Gasteiger partial charge in [-0.25, -0.2) is 9.97 Å². The van der Waals surface area contributed by atoms with Crippen LogP contribution in [0.4, 0.5) is 5.82 Å². The maximum absolute atomic E-state index is 9.88. The Bertz CT molecular complexity index is 560. The van der Waals surface area contributed by atoms with Crippen molar-refractivity contribution in [2.45, 2.75) is 45.6 Å². The Kier molecular flexibility index (Phi) is 6.25. The van der Waals surface area contributed by atoms with Crippen LogP contribution in [-0.4, -0.2) is 70.5 Å². The molecule has 0 saturated carbocycles. The Balaban J connectivity index is 1.69. The van der Waals surface area contributed by atoms with E-state index in [4.69, 9.17) is 4.98 Å². The third kappa shape index (κ3) is 4.49. The van der Waals surface area contributed by atoms with Crippen LogP contribution >= 0.6 is 0 Å². The van der Waals surface area contributed by atoms with Crippen molar-refractivity contribution in [2.75, 3.05) is 44.2 Å². The lowest BCUT2D eigenvalue weighted by molar-refractivity contribution is 0.0687. The molecule has 0 aliphatic carbocycles. The number of rotatable bonds is 6. The predicted octanol–water partition coefficient (Wildman–Crippen LogP) is 1.24. The van der Waals surface area contributed by atoms with Gasteiger partial charge in [0.05, 0.1) is 6.10 Å². The summed E-state index contributed by atoms with van der Waals surface area (Å²) in [6.07, 6.45) is 5.64. The van der Waals surface area contributed by atoms with E-state index in [9.17, 15) is 10.2 Å². The van der Waals surface area contributed by atoms with Gasteiger partial charge in [0.1, 0.15) is 11.6 Å². The lowest BCUT2D eigenvalue weighted by atomic mass is 9.95. The molecule has 0 spiro atoms. The molecular formula is C19H32N4O2. The van der Waals surface area contributed by atoms with Crippen LogP contribution in [0, 0.1) is 18.8 Å². The zero-order valence-corrected chi connectivity index (χ0v) is 15.6. The molecular weight excluding hydrogens is 316 g/mol. The van der Waals surface area contributed by atoms with Gasteiger partial charge in [-0.15, -0.1) is 0 Å². The van der Waals surface area contributed by atoms with Crippen molar-refractivity contribution in [1.29, 1.82) is 0 Å². The van der Waals surface area contributed by atoms with E-state index in [2.05, 4.69) is 21.7 Å². The lowest BCUT2D eigenvalue weighted by Gasteiger charge is -2.32. The summed E-state index contributed by atoms with van der Waals surface area (Å²) in [7, 11) is 0. The number of anilines is 1. The summed E-state index contributed by atoms with van der Waals surface area (Å²) < 4.78 is 0. The standard InChI is InChI=1S/C19H32N4O2/c1-3-4-15-9-20-14(2)21-19(15)23-11-16(17(12-23)13-24)10-22-7-5-18(25)6-8-22/h9,16-18,24-25H,3-8,10-13H2,1-2H3. The Labute approximate surface area is 150 Å². The zero-order chi connectivity index (χ0) is 17.8. The second-order valence-electron chi connectivity index (χ2n) is 7.66. The van der Waals surface area contributed by atoms with E-state index in [1.807, 2.05) is 13.1 Å². The summed E-state index contributed by atoms with van der Waals surface area (Å²) in [5.74, 6) is 2.61. The fraction of sp³-hybridized carbons (Fsp3) is 0.789. The number of aliphatic hydroxyl groups excluding tert-OH is 2. The molecule has 1 aromatic rings. The summed E-state index contributed by atoms with van der Waals surface area (Å²) in [6, 6.07) is 0. The quantitative estimate of drug-likeness (QED) is 0.806. The van der Waals surface area contributed by atoms with Crippen LogP contribution in [0.3, 0.4) is 0 Å². The smallest absolute Gasteiger partial charge is 0.135 e. The normalized spacial score (nSPS) is 25.7. The lowest BCUT2D eigenvalue weighted by Crippen LogP contribution is -2.40. The van der Waals surface area contributed by atoms with Crippen LogP contribution in [-0.2, 0) is 6.42 Å². The predicted molar refractivity (Wildman–Crippen MR) is 98.7 cm³/mol. The van der Waals surface area contributed by atoms with Crippen molar-refractivity contribution in [3.8, 4) is 0 Å². The molecule has 2 fully saturated rings. The SMILES string of the molecule is CCCc1cnc(C)nc1N1CC(CO)C(CN2CCC(O)CC2)C1. The maximum atomic E-state index is 9.88. The highest BCUT2D eigenvalue weighted by Crippen LogP contribution is 2.30. The molecule has 0 bridgehead atoms. The minimum Gasteiger partial charge on any atom is -0.396 e. The molecule has 2 atom stereocenters. The highest BCUT2D eigenvalue weighted by atomic mass is 16.3. The molecule has 6 nitrogen and oxygen atoms in total. The largest absolute Gasteiger partial charge is 0.396 e. The van der Waals surface area contributed by atoms with Crippen LogP contribution in [0.2, 0.25) is 0 Å². The Morgan fingerprint density at radius 3 is 2.60 bits per heavy atom. The zero-order valence-electron chi connectivity index (χ0n) is 15.6. The molecule has 2 aliphatic rings. The van der Waals surface area contributed by atoms with Gasteiger partial charge < -0.3 is 20.0 Å². The van der Waals surface area contributed by atoms with Crippen molar-refractivity contribution in [1.82, 2.24) is 14.9 Å². The highest BCUT2D eigenvalue weighted by Gasteiger charge is 2.35. The third-order valence-electron chi connectivity index (χ3n) is 5.64. The molecule has 2 unspecified atom stereocenters. The molecule has 1 aromatic heterocycles. The molecule has 3 rings (SSSR count). The molecule has 2 saturated heterocycles. The fourth-order valence-electron chi connectivity index (χ4n) is 4.16. The van der Waals surface area contributed by atoms with E-state index in [1.165, 1.54) is 5.56 Å². The molecule has 0 aromatic carbocycles. The molecule has 6 heteroatoms. The van der Waals surface area contributed by atoms with Gasteiger partial charge in [0.25, 0.3) is 0 Å². The topological polar surface area (TPSA) is 72.7 Å². The molecule has 3 heterocycles.